The quantitative estimate of drug-likeness (QED) is 0.275. The molecule has 0 aliphatic rings. The standard InChI is InChI=1S/C30H32O4/c1-31-27-16-12-22(18-30(27)34-4)11-15-26-19-25(28(32-2)20-29(26)33-3)14-10-21-9-13-23-7-5-6-8-24(23)17-21/h5-9,12-13,16-20H,10-11,14-15H2,1-4H3. The van der Waals surface area contributed by atoms with Gasteiger partial charge in [0.1, 0.15) is 11.5 Å². The summed E-state index contributed by atoms with van der Waals surface area (Å²) in [5, 5.41) is 2.54. The molecule has 0 spiro atoms. The number of benzene rings is 4. The second-order valence-electron chi connectivity index (χ2n) is 8.35. The molecule has 0 aliphatic heterocycles. The molecule has 0 atom stereocenters. The molecule has 4 heteroatoms. The van der Waals surface area contributed by atoms with E-state index in [9.17, 15) is 0 Å². The van der Waals surface area contributed by atoms with Crippen molar-refractivity contribution in [3.05, 3.63) is 95.1 Å². The van der Waals surface area contributed by atoms with Crippen LogP contribution in [0.5, 0.6) is 23.0 Å². The summed E-state index contributed by atoms with van der Waals surface area (Å²) in [6, 6.07) is 25.5. The van der Waals surface area contributed by atoms with Gasteiger partial charge in [0.2, 0.25) is 0 Å². The van der Waals surface area contributed by atoms with Crippen molar-refractivity contribution in [2.75, 3.05) is 28.4 Å². The summed E-state index contributed by atoms with van der Waals surface area (Å²) >= 11 is 0. The van der Waals surface area contributed by atoms with Crippen molar-refractivity contribution in [2.24, 2.45) is 0 Å². The third-order valence-corrected chi connectivity index (χ3v) is 6.31. The van der Waals surface area contributed by atoms with Gasteiger partial charge < -0.3 is 18.9 Å². The molecule has 0 heterocycles. The summed E-state index contributed by atoms with van der Waals surface area (Å²) in [4.78, 5) is 0. The molecule has 0 amide bonds. The first-order valence-electron chi connectivity index (χ1n) is 11.6. The van der Waals surface area contributed by atoms with E-state index in [2.05, 4.69) is 54.6 Å². The third kappa shape index (κ3) is 5.28. The normalized spacial score (nSPS) is 10.8. The number of rotatable bonds is 10. The lowest BCUT2D eigenvalue weighted by molar-refractivity contribution is 0.354. The highest BCUT2D eigenvalue weighted by Crippen LogP contribution is 2.32. The van der Waals surface area contributed by atoms with E-state index in [4.69, 9.17) is 18.9 Å². The van der Waals surface area contributed by atoms with Gasteiger partial charge in [0.05, 0.1) is 28.4 Å². The van der Waals surface area contributed by atoms with Crippen molar-refractivity contribution in [1.29, 1.82) is 0 Å². The Morgan fingerprint density at radius 2 is 1.00 bits per heavy atom. The average molecular weight is 457 g/mol. The highest BCUT2D eigenvalue weighted by atomic mass is 16.5. The highest BCUT2D eigenvalue weighted by molar-refractivity contribution is 5.83. The van der Waals surface area contributed by atoms with Crippen LogP contribution in [0.3, 0.4) is 0 Å². The summed E-state index contributed by atoms with van der Waals surface area (Å²) in [6.07, 6.45) is 3.57. The van der Waals surface area contributed by atoms with Crippen LogP contribution in [0.4, 0.5) is 0 Å². The van der Waals surface area contributed by atoms with E-state index in [0.29, 0.717) is 0 Å². The van der Waals surface area contributed by atoms with E-state index in [0.717, 1.165) is 48.7 Å². The Labute approximate surface area is 202 Å². The number of ether oxygens (including phenoxy) is 4. The van der Waals surface area contributed by atoms with Crippen LogP contribution in [0, 0.1) is 0 Å². The minimum Gasteiger partial charge on any atom is -0.496 e. The molecule has 4 aromatic rings. The van der Waals surface area contributed by atoms with E-state index < -0.39 is 0 Å². The van der Waals surface area contributed by atoms with Gasteiger partial charge in [-0.3, -0.25) is 0 Å². The Kier molecular flexibility index (Phi) is 7.58. The topological polar surface area (TPSA) is 36.9 Å². The molecule has 4 aromatic carbocycles. The Bertz CT molecular complexity index is 1260. The average Bonchev–Trinajstić information content (AvgIpc) is 2.90. The molecule has 0 N–H and O–H groups in total. The molecule has 0 aliphatic carbocycles. The largest absolute Gasteiger partial charge is 0.496 e. The zero-order valence-corrected chi connectivity index (χ0v) is 20.4. The van der Waals surface area contributed by atoms with Gasteiger partial charge in [0.15, 0.2) is 11.5 Å². The molecule has 176 valence electrons. The van der Waals surface area contributed by atoms with Gasteiger partial charge in [-0.25, -0.2) is 0 Å². The van der Waals surface area contributed by atoms with E-state index in [1.165, 1.54) is 33.0 Å². The van der Waals surface area contributed by atoms with Gasteiger partial charge >= 0.3 is 0 Å². The molecule has 0 aromatic heterocycles. The highest BCUT2D eigenvalue weighted by Gasteiger charge is 2.13. The van der Waals surface area contributed by atoms with Crippen molar-refractivity contribution < 1.29 is 18.9 Å². The molecule has 0 bridgehead atoms. The lowest BCUT2D eigenvalue weighted by Gasteiger charge is -2.16. The summed E-state index contributed by atoms with van der Waals surface area (Å²) in [7, 11) is 6.75. The maximum absolute atomic E-state index is 5.71. The lowest BCUT2D eigenvalue weighted by atomic mass is 9.96. The molecule has 0 radical (unpaired) electrons. The fourth-order valence-electron chi connectivity index (χ4n) is 4.42. The van der Waals surface area contributed by atoms with Crippen LogP contribution >= 0.6 is 0 Å². The molecule has 34 heavy (non-hydrogen) atoms. The molecule has 0 saturated heterocycles. The Morgan fingerprint density at radius 3 is 1.62 bits per heavy atom. The summed E-state index contributed by atoms with van der Waals surface area (Å²) < 4.78 is 22.2. The summed E-state index contributed by atoms with van der Waals surface area (Å²) in [5.41, 5.74) is 4.88. The molecule has 4 nitrogen and oxygen atoms in total. The van der Waals surface area contributed by atoms with Gasteiger partial charge in [-0.1, -0.05) is 48.5 Å². The van der Waals surface area contributed by atoms with Crippen LogP contribution in [0.2, 0.25) is 0 Å². The second-order valence-corrected chi connectivity index (χ2v) is 8.35. The van der Waals surface area contributed by atoms with E-state index >= 15 is 0 Å². The first-order valence-corrected chi connectivity index (χ1v) is 11.6. The van der Waals surface area contributed by atoms with Crippen LogP contribution in [0.1, 0.15) is 22.3 Å². The van der Waals surface area contributed by atoms with Gasteiger partial charge in [0.25, 0.3) is 0 Å². The maximum Gasteiger partial charge on any atom is 0.160 e. The van der Waals surface area contributed by atoms with Crippen LogP contribution in [-0.2, 0) is 25.7 Å². The zero-order valence-electron chi connectivity index (χ0n) is 20.4. The predicted molar refractivity (Wildman–Crippen MR) is 138 cm³/mol. The van der Waals surface area contributed by atoms with E-state index in [1.807, 2.05) is 18.2 Å². The zero-order chi connectivity index (χ0) is 23.9. The van der Waals surface area contributed by atoms with Crippen molar-refractivity contribution in [2.45, 2.75) is 25.7 Å². The predicted octanol–water partition coefficient (Wildman–Crippen LogP) is 6.44. The van der Waals surface area contributed by atoms with Gasteiger partial charge in [-0.15, -0.1) is 0 Å². The van der Waals surface area contributed by atoms with Crippen molar-refractivity contribution in [3.8, 4) is 23.0 Å². The molecule has 4 rings (SSSR count). The smallest absolute Gasteiger partial charge is 0.160 e. The maximum atomic E-state index is 5.71. The van der Waals surface area contributed by atoms with E-state index in [1.54, 1.807) is 28.4 Å². The Hall–Kier alpha value is -3.66. The van der Waals surface area contributed by atoms with Gasteiger partial charge in [-0.05, 0) is 76.9 Å². The fraction of sp³-hybridized carbons (Fsp3) is 0.267. The van der Waals surface area contributed by atoms with Gasteiger partial charge in [0, 0.05) is 6.07 Å². The molecule has 0 unspecified atom stereocenters. The van der Waals surface area contributed by atoms with Crippen molar-refractivity contribution in [3.63, 3.8) is 0 Å². The van der Waals surface area contributed by atoms with Crippen LogP contribution in [0.15, 0.2) is 72.8 Å². The Balaban J connectivity index is 1.53. The number of aryl methyl sites for hydroxylation is 4. The third-order valence-electron chi connectivity index (χ3n) is 6.31. The second kappa shape index (κ2) is 11.0. The Morgan fingerprint density at radius 1 is 0.441 bits per heavy atom. The number of hydrogen-bond donors (Lipinski definition) is 0. The first kappa shape index (κ1) is 23.5. The number of hydrogen-bond acceptors (Lipinski definition) is 4. The number of fused-ring (bicyclic) bond motifs is 1. The molecular weight excluding hydrogens is 424 g/mol. The van der Waals surface area contributed by atoms with Crippen LogP contribution in [-0.4, -0.2) is 28.4 Å². The van der Waals surface area contributed by atoms with Crippen LogP contribution < -0.4 is 18.9 Å². The minimum atomic E-state index is 0.740. The summed E-state index contributed by atoms with van der Waals surface area (Å²) in [5.74, 6) is 3.21. The number of methoxy groups -OCH3 is 4. The van der Waals surface area contributed by atoms with Crippen LogP contribution in [0.25, 0.3) is 10.8 Å². The SMILES string of the molecule is COc1cc(OC)c(CCc2ccc3ccccc3c2)cc1CCc1ccc(OC)c(OC)c1. The molecule has 0 fully saturated rings. The monoisotopic (exact) mass is 456 g/mol. The molecular formula is C30H32O4. The first-order chi connectivity index (χ1) is 16.6. The summed E-state index contributed by atoms with van der Waals surface area (Å²) in [6.45, 7) is 0. The minimum absolute atomic E-state index is 0.740. The van der Waals surface area contributed by atoms with Crippen molar-refractivity contribution in [1.82, 2.24) is 0 Å². The lowest BCUT2D eigenvalue weighted by Crippen LogP contribution is -2.02. The van der Waals surface area contributed by atoms with Crippen molar-refractivity contribution >= 4 is 10.8 Å². The van der Waals surface area contributed by atoms with E-state index in [-0.39, 0.29) is 0 Å². The van der Waals surface area contributed by atoms with Gasteiger partial charge in [-0.2, -0.15) is 0 Å². The fourth-order valence-corrected chi connectivity index (χ4v) is 4.42. The molecule has 0 saturated carbocycles.